The van der Waals surface area contributed by atoms with Crippen LogP contribution in [0.2, 0.25) is 0 Å². The first kappa shape index (κ1) is 23.3. The minimum Gasteiger partial charge on any atom is -0.484 e. The number of benzene rings is 2. The van der Waals surface area contributed by atoms with Crippen LogP contribution in [0.4, 0.5) is 0 Å². The number of likely N-dealkylation sites (N-methyl/N-ethyl adjacent to an activating group) is 1. The lowest BCUT2D eigenvalue weighted by Crippen LogP contribution is -2.50. The van der Waals surface area contributed by atoms with E-state index in [0.29, 0.717) is 43.9 Å². The van der Waals surface area contributed by atoms with E-state index in [-0.39, 0.29) is 24.3 Å². The van der Waals surface area contributed by atoms with E-state index < -0.39 is 0 Å². The Balaban J connectivity index is 1.45. The zero-order valence-electron chi connectivity index (χ0n) is 18.8. The number of rotatable bonds is 8. The first-order chi connectivity index (χ1) is 15.4. The van der Waals surface area contributed by atoms with E-state index in [4.69, 9.17) is 4.74 Å². The molecular formula is C25H31N3O4. The number of piperazine rings is 1. The highest BCUT2D eigenvalue weighted by atomic mass is 16.5. The Kier molecular flexibility index (Phi) is 8.25. The monoisotopic (exact) mass is 437 g/mol. The van der Waals surface area contributed by atoms with Crippen molar-refractivity contribution in [2.75, 3.05) is 46.9 Å². The van der Waals surface area contributed by atoms with E-state index in [1.54, 1.807) is 43.3 Å². The molecule has 1 heterocycles. The molecule has 0 aromatic heterocycles. The minimum absolute atomic E-state index is 0.0737. The normalized spacial score (nSPS) is 13.6. The topological polar surface area (TPSA) is 70.2 Å². The maximum atomic E-state index is 12.9. The van der Waals surface area contributed by atoms with E-state index >= 15 is 0 Å². The summed E-state index contributed by atoms with van der Waals surface area (Å²) < 4.78 is 5.51. The second-order valence-corrected chi connectivity index (χ2v) is 8.12. The number of hydrogen-bond donors (Lipinski definition) is 0. The predicted octanol–water partition coefficient (Wildman–Crippen LogP) is 2.46. The van der Waals surface area contributed by atoms with Gasteiger partial charge in [0, 0.05) is 52.3 Å². The maximum Gasteiger partial charge on any atom is 0.259 e. The van der Waals surface area contributed by atoms with Crippen LogP contribution in [0.15, 0.2) is 54.6 Å². The fourth-order valence-corrected chi connectivity index (χ4v) is 3.58. The number of nitrogens with zero attached hydrogens (tertiary/aromatic N) is 3. The van der Waals surface area contributed by atoms with Gasteiger partial charge in [-0.1, -0.05) is 36.4 Å². The molecule has 7 nitrogen and oxygen atoms in total. The number of carbonyl (C=O) groups is 3. The summed E-state index contributed by atoms with van der Waals surface area (Å²) in [6.45, 7) is 2.03. The Morgan fingerprint density at radius 1 is 0.906 bits per heavy atom. The summed E-state index contributed by atoms with van der Waals surface area (Å²) in [5.74, 6) is 0.393. The minimum atomic E-state index is -0.147. The van der Waals surface area contributed by atoms with Gasteiger partial charge in [0.1, 0.15) is 5.75 Å². The van der Waals surface area contributed by atoms with Crippen LogP contribution >= 0.6 is 0 Å². The predicted molar refractivity (Wildman–Crippen MR) is 122 cm³/mol. The van der Waals surface area contributed by atoms with Gasteiger partial charge in [0.15, 0.2) is 6.61 Å². The summed E-state index contributed by atoms with van der Waals surface area (Å²) in [6, 6.07) is 17.0. The molecule has 0 atom stereocenters. The van der Waals surface area contributed by atoms with Crippen LogP contribution in [0, 0.1) is 0 Å². The summed E-state index contributed by atoms with van der Waals surface area (Å²) in [7, 11) is 3.33. The number of aryl methyl sites for hydroxylation is 1. The SMILES string of the molecule is CN(C)C(=O)COc1cccc(C(=O)N2CCN(C(=O)CCCc3ccccc3)CC2)c1. The molecule has 1 aliphatic heterocycles. The average molecular weight is 438 g/mol. The van der Waals surface area contributed by atoms with Crippen LogP contribution in [0.1, 0.15) is 28.8 Å². The van der Waals surface area contributed by atoms with Gasteiger partial charge >= 0.3 is 0 Å². The van der Waals surface area contributed by atoms with Gasteiger partial charge in [-0.3, -0.25) is 14.4 Å². The van der Waals surface area contributed by atoms with Crippen molar-refractivity contribution in [1.29, 1.82) is 0 Å². The summed E-state index contributed by atoms with van der Waals surface area (Å²) in [5, 5.41) is 0. The zero-order valence-corrected chi connectivity index (χ0v) is 18.8. The van der Waals surface area contributed by atoms with Crippen molar-refractivity contribution in [2.45, 2.75) is 19.3 Å². The van der Waals surface area contributed by atoms with Gasteiger partial charge < -0.3 is 19.4 Å². The molecule has 1 saturated heterocycles. The van der Waals surface area contributed by atoms with Gasteiger partial charge in [0.25, 0.3) is 11.8 Å². The fraction of sp³-hybridized carbons (Fsp3) is 0.400. The average Bonchev–Trinajstić information content (AvgIpc) is 2.83. The zero-order chi connectivity index (χ0) is 22.9. The lowest BCUT2D eigenvalue weighted by Gasteiger charge is -2.35. The van der Waals surface area contributed by atoms with E-state index in [2.05, 4.69) is 12.1 Å². The molecule has 3 rings (SSSR count). The molecule has 0 aliphatic carbocycles. The van der Waals surface area contributed by atoms with Crippen molar-refractivity contribution < 1.29 is 19.1 Å². The Hall–Kier alpha value is -3.35. The number of carbonyl (C=O) groups excluding carboxylic acids is 3. The summed E-state index contributed by atoms with van der Waals surface area (Å²) in [6.07, 6.45) is 2.24. The first-order valence-corrected chi connectivity index (χ1v) is 11.0. The van der Waals surface area contributed by atoms with Crippen molar-refractivity contribution in [2.24, 2.45) is 0 Å². The van der Waals surface area contributed by atoms with Crippen molar-refractivity contribution in [1.82, 2.24) is 14.7 Å². The molecule has 1 aliphatic rings. The lowest BCUT2D eigenvalue weighted by atomic mass is 10.1. The maximum absolute atomic E-state index is 12.9. The van der Waals surface area contributed by atoms with Gasteiger partial charge in [-0.15, -0.1) is 0 Å². The van der Waals surface area contributed by atoms with Crippen LogP contribution in [-0.2, 0) is 16.0 Å². The molecule has 2 aromatic rings. The van der Waals surface area contributed by atoms with Crippen LogP contribution < -0.4 is 4.74 Å². The molecule has 0 saturated carbocycles. The molecule has 32 heavy (non-hydrogen) atoms. The van der Waals surface area contributed by atoms with E-state index in [1.807, 2.05) is 23.1 Å². The summed E-state index contributed by atoms with van der Waals surface area (Å²) in [4.78, 5) is 42.2. The molecule has 3 amide bonds. The molecule has 0 spiro atoms. The van der Waals surface area contributed by atoms with Gasteiger partial charge in [-0.25, -0.2) is 0 Å². The van der Waals surface area contributed by atoms with Crippen LogP contribution in [0.5, 0.6) is 5.75 Å². The second-order valence-electron chi connectivity index (χ2n) is 8.12. The summed E-state index contributed by atoms with van der Waals surface area (Å²) in [5.41, 5.74) is 1.76. The molecule has 2 aromatic carbocycles. The van der Waals surface area contributed by atoms with Crippen molar-refractivity contribution in [3.8, 4) is 5.75 Å². The molecule has 0 radical (unpaired) electrons. The smallest absolute Gasteiger partial charge is 0.259 e. The molecular weight excluding hydrogens is 406 g/mol. The van der Waals surface area contributed by atoms with E-state index in [0.717, 1.165) is 12.8 Å². The number of hydrogen-bond acceptors (Lipinski definition) is 4. The summed E-state index contributed by atoms with van der Waals surface area (Å²) >= 11 is 0. The number of amides is 3. The Bertz CT molecular complexity index is 922. The quantitative estimate of drug-likeness (QED) is 0.636. The molecule has 7 heteroatoms. The Labute approximate surface area is 189 Å². The third-order valence-electron chi connectivity index (χ3n) is 5.56. The first-order valence-electron chi connectivity index (χ1n) is 11.0. The van der Waals surface area contributed by atoms with Gasteiger partial charge in [-0.05, 0) is 36.6 Å². The highest BCUT2D eigenvalue weighted by Crippen LogP contribution is 2.17. The standard InChI is InChI=1S/C25H31N3O4/c1-26(2)24(30)19-32-22-12-7-11-21(18-22)25(31)28-16-14-27(15-17-28)23(29)13-6-10-20-8-4-3-5-9-20/h3-5,7-9,11-12,18H,6,10,13-17,19H2,1-2H3. The van der Waals surface area contributed by atoms with E-state index in [9.17, 15) is 14.4 Å². The van der Waals surface area contributed by atoms with Crippen molar-refractivity contribution in [3.63, 3.8) is 0 Å². The highest BCUT2D eigenvalue weighted by Gasteiger charge is 2.24. The van der Waals surface area contributed by atoms with Crippen molar-refractivity contribution >= 4 is 17.7 Å². The number of ether oxygens (including phenoxy) is 1. The molecule has 0 bridgehead atoms. The molecule has 170 valence electrons. The highest BCUT2D eigenvalue weighted by molar-refractivity contribution is 5.94. The lowest BCUT2D eigenvalue weighted by molar-refractivity contribution is -0.133. The van der Waals surface area contributed by atoms with Gasteiger partial charge in [0.05, 0.1) is 0 Å². The van der Waals surface area contributed by atoms with Gasteiger partial charge in [-0.2, -0.15) is 0 Å². The largest absolute Gasteiger partial charge is 0.484 e. The third-order valence-corrected chi connectivity index (χ3v) is 5.56. The Morgan fingerprint density at radius 2 is 1.59 bits per heavy atom. The third kappa shape index (κ3) is 6.57. The Morgan fingerprint density at radius 3 is 2.28 bits per heavy atom. The fourth-order valence-electron chi connectivity index (χ4n) is 3.58. The van der Waals surface area contributed by atoms with Crippen LogP contribution in [0.25, 0.3) is 0 Å². The molecule has 0 N–H and O–H groups in total. The van der Waals surface area contributed by atoms with Crippen LogP contribution in [0.3, 0.4) is 0 Å². The second kappa shape index (κ2) is 11.3. The molecule has 1 fully saturated rings. The molecule has 0 unspecified atom stereocenters. The van der Waals surface area contributed by atoms with Crippen molar-refractivity contribution in [3.05, 3.63) is 65.7 Å². The van der Waals surface area contributed by atoms with Crippen LogP contribution in [-0.4, -0.2) is 79.3 Å². The van der Waals surface area contributed by atoms with Gasteiger partial charge in [0.2, 0.25) is 5.91 Å². The van der Waals surface area contributed by atoms with E-state index in [1.165, 1.54) is 10.5 Å².